The first-order chi connectivity index (χ1) is 9.69. The van der Waals surface area contributed by atoms with Crippen LogP contribution in [0.5, 0.6) is 0 Å². The molecule has 0 fully saturated rings. The fourth-order valence-corrected chi connectivity index (χ4v) is 2.49. The Balaban J connectivity index is 2.19. The van der Waals surface area contributed by atoms with Gasteiger partial charge in [-0.1, -0.05) is 17.7 Å². The Morgan fingerprint density at radius 2 is 2.05 bits per heavy atom. The molecule has 0 unspecified atom stereocenters. The van der Waals surface area contributed by atoms with Gasteiger partial charge in [-0.05, 0) is 24.3 Å². The second-order valence-corrected chi connectivity index (χ2v) is 5.12. The summed E-state index contributed by atoms with van der Waals surface area (Å²) >= 11 is 11.7. The van der Waals surface area contributed by atoms with Gasteiger partial charge < -0.3 is 4.98 Å². The highest BCUT2D eigenvalue weighted by molar-refractivity contribution is 6.29. The number of nitrogens with one attached hydrogen (secondary N) is 1. The van der Waals surface area contributed by atoms with E-state index in [0.717, 1.165) is 22.5 Å². The van der Waals surface area contributed by atoms with Gasteiger partial charge in [0, 0.05) is 34.5 Å². The van der Waals surface area contributed by atoms with Crippen molar-refractivity contribution in [1.82, 2.24) is 15.2 Å². The van der Waals surface area contributed by atoms with E-state index in [1.165, 1.54) is 6.07 Å². The highest BCUT2D eigenvalue weighted by Crippen LogP contribution is 2.28. The predicted octanol–water partition coefficient (Wildman–Crippen LogP) is 4.20. The molecule has 0 spiro atoms. The van der Waals surface area contributed by atoms with Crippen LogP contribution in [0.15, 0.2) is 30.3 Å². The highest BCUT2D eigenvalue weighted by atomic mass is 35.5. The molecule has 0 atom stereocenters. The molecule has 0 aliphatic rings. The number of hydrogen-bond acceptors (Lipinski definition) is 2. The lowest BCUT2D eigenvalue weighted by Crippen LogP contribution is -1.98. The van der Waals surface area contributed by atoms with Crippen LogP contribution in [-0.2, 0) is 6.42 Å². The summed E-state index contributed by atoms with van der Waals surface area (Å²) < 4.78 is 13.7. The lowest BCUT2D eigenvalue weighted by Gasteiger charge is -2.04. The van der Waals surface area contributed by atoms with Crippen LogP contribution in [0, 0.1) is 5.82 Å². The number of nitrogens with zero attached hydrogens (tertiary/aromatic N) is 2. The van der Waals surface area contributed by atoms with Crippen molar-refractivity contribution in [2.45, 2.75) is 6.42 Å². The molecule has 1 aromatic carbocycles. The quantitative estimate of drug-likeness (QED) is 0.737. The van der Waals surface area contributed by atoms with E-state index in [1.54, 1.807) is 18.2 Å². The summed E-state index contributed by atoms with van der Waals surface area (Å²) in [6.45, 7) is 0. The van der Waals surface area contributed by atoms with Gasteiger partial charge in [-0.2, -0.15) is 5.10 Å². The number of aromatic nitrogens is 3. The Morgan fingerprint density at radius 3 is 2.80 bits per heavy atom. The minimum Gasteiger partial charge on any atom is -0.354 e. The maximum Gasteiger partial charge on any atom is 0.152 e. The Hall–Kier alpha value is -1.65. The predicted molar refractivity (Wildman–Crippen MR) is 78.7 cm³/mol. The summed E-state index contributed by atoms with van der Waals surface area (Å²) in [6, 6.07) is 8.36. The van der Waals surface area contributed by atoms with Crippen LogP contribution in [0.1, 0.15) is 5.69 Å². The third-order valence-electron chi connectivity index (χ3n) is 3.07. The zero-order chi connectivity index (χ0) is 14.1. The van der Waals surface area contributed by atoms with Crippen LogP contribution in [-0.4, -0.2) is 21.1 Å². The number of alkyl halides is 1. The molecule has 3 aromatic rings. The molecule has 0 amide bonds. The summed E-state index contributed by atoms with van der Waals surface area (Å²) in [5.41, 5.74) is 3.00. The molecule has 0 aliphatic heterocycles. The summed E-state index contributed by atoms with van der Waals surface area (Å²) in [5.74, 6) is 0.162. The fourth-order valence-electron chi connectivity index (χ4n) is 2.16. The van der Waals surface area contributed by atoms with Crippen molar-refractivity contribution in [1.29, 1.82) is 0 Å². The average molecular weight is 310 g/mol. The Kier molecular flexibility index (Phi) is 3.59. The summed E-state index contributed by atoms with van der Waals surface area (Å²) in [4.78, 5) is 3.17. The number of H-pyrrole nitrogens is 1. The van der Waals surface area contributed by atoms with E-state index < -0.39 is 0 Å². The van der Waals surface area contributed by atoms with E-state index in [0.29, 0.717) is 17.7 Å². The van der Waals surface area contributed by atoms with Crippen molar-refractivity contribution < 1.29 is 4.39 Å². The largest absolute Gasteiger partial charge is 0.354 e. The molecule has 0 radical (unpaired) electrons. The number of benzene rings is 1. The topological polar surface area (TPSA) is 41.6 Å². The van der Waals surface area contributed by atoms with Gasteiger partial charge in [-0.3, -0.25) is 0 Å². The Bertz CT molecular complexity index is 770. The number of halogens is 3. The van der Waals surface area contributed by atoms with Crippen LogP contribution in [0.4, 0.5) is 4.39 Å². The standard InChI is InChI=1S/C14H10Cl2FN3/c15-5-4-12-9(7-14(16)20-19-12)13-6-8-10(17)2-1-3-11(8)18-13/h1-3,6-7,18H,4-5H2. The Morgan fingerprint density at radius 1 is 1.20 bits per heavy atom. The number of hydrogen-bond donors (Lipinski definition) is 1. The molecule has 0 aliphatic carbocycles. The van der Waals surface area contributed by atoms with Crippen molar-refractivity contribution >= 4 is 34.1 Å². The normalized spacial score (nSPS) is 11.2. The van der Waals surface area contributed by atoms with Crippen molar-refractivity contribution in [2.24, 2.45) is 0 Å². The van der Waals surface area contributed by atoms with Gasteiger partial charge >= 0.3 is 0 Å². The van der Waals surface area contributed by atoms with Crippen LogP contribution in [0.2, 0.25) is 5.15 Å². The molecule has 2 aromatic heterocycles. The minimum atomic E-state index is -0.267. The van der Waals surface area contributed by atoms with Crippen LogP contribution in [0.25, 0.3) is 22.2 Å². The molecule has 2 heterocycles. The van der Waals surface area contributed by atoms with Gasteiger partial charge in [0.1, 0.15) is 5.82 Å². The summed E-state index contributed by atoms with van der Waals surface area (Å²) in [7, 11) is 0. The molecular weight excluding hydrogens is 300 g/mol. The third-order valence-corrected chi connectivity index (χ3v) is 3.45. The first kappa shape index (κ1) is 13.3. The van der Waals surface area contributed by atoms with Crippen LogP contribution in [0.3, 0.4) is 0 Å². The van der Waals surface area contributed by atoms with Gasteiger partial charge in [0.05, 0.1) is 5.69 Å². The first-order valence-corrected chi connectivity index (χ1v) is 6.96. The molecule has 20 heavy (non-hydrogen) atoms. The van der Waals surface area contributed by atoms with Crippen molar-refractivity contribution in [3.63, 3.8) is 0 Å². The molecular formula is C14H10Cl2FN3. The zero-order valence-corrected chi connectivity index (χ0v) is 11.8. The van der Waals surface area contributed by atoms with Crippen molar-refractivity contribution in [2.75, 3.05) is 5.88 Å². The highest BCUT2D eigenvalue weighted by Gasteiger charge is 2.12. The molecule has 0 bridgehead atoms. The number of rotatable bonds is 3. The average Bonchev–Trinajstić information content (AvgIpc) is 2.86. The molecule has 1 N–H and O–H groups in total. The minimum absolute atomic E-state index is 0.267. The van der Waals surface area contributed by atoms with Crippen molar-refractivity contribution in [3.05, 3.63) is 47.0 Å². The third kappa shape index (κ3) is 2.37. The zero-order valence-electron chi connectivity index (χ0n) is 10.3. The molecule has 3 nitrogen and oxygen atoms in total. The molecule has 0 saturated carbocycles. The first-order valence-electron chi connectivity index (χ1n) is 6.04. The van der Waals surface area contributed by atoms with Gasteiger partial charge in [0.25, 0.3) is 0 Å². The second kappa shape index (κ2) is 5.38. The van der Waals surface area contributed by atoms with Gasteiger partial charge in [0.2, 0.25) is 0 Å². The van der Waals surface area contributed by atoms with Gasteiger partial charge in [-0.15, -0.1) is 16.7 Å². The lowest BCUT2D eigenvalue weighted by molar-refractivity contribution is 0.640. The second-order valence-electron chi connectivity index (χ2n) is 4.35. The summed E-state index contributed by atoms with van der Waals surface area (Å²) in [5, 5.41) is 8.70. The SMILES string of the molecule is Fc1cccc2[nH]c(-c3cc(Cl)nnc3CCCl)cc12. The van der Waals surface area contributed by atoms with Crippen LogP contribution >= 0.6 is 23.2 Å². The number of aryl methyl sites for hydroxylation is 1. The maximum atomic E-state index is 13.7. The molecule has 102 valence electrons. The lowest BCUT2D eigenvalue weighted by atomic mass is 10.1. The van der Waals surface area contributed by atoms with Gasteiger partial charge in [-0.25, -0.2) is 4.39 Å². The van der Waals surface area contributed by atoms with E-state index in [4.69, 9.17) is 23.2 Å². The summed E-state index contributed by atoms with van der Waals surface area (Å²) in [6.07, 6.45) is 0.568. The van der Waals surface area contributed by atoms with E-state index in [-0.39, 0.29) is 11.0 Å². The van der Waals surface area contributed by atoms with E-state index in [2.05, 4.69) is 15.2 Å². The van der Waals surface area contributed by atoms with E-state index >= 15 is 0 Å². The van der Waals surface area contributed by atoms with Crippen LogP contribution < -0.4 is 0 Å². The van der Waals surface area contributed by atoms with Crippen molar-refractivity contribution in [3.8, 4) is 11.3 Å². The Labute approximate surface area is 124 Å². The number of aromatic amines is 1. The smallest absolute Gasteiger partial charge is 0.152 e. The monoisotopic (exact) mass is 309 g/mol. The fraction of sp³-hybridized carbons (Fsp3) is 0.143. The molecule has 0 saturated heterocycles. The number of fused-ring (bicyclic) bond motifs is 1. The molecule has 3 rings (SSSR count). The maximum absolute atomic E-state index is 13.7. The van der Waals surface area contributed by atoms with Gasteiger partial charge in [0.15, 0.2) is 5.15 Å². The van der Waals surface area contributed by atoms with E-state index in [9.17, 15) is 4.39 Å². The van der Waals surface area contributed by atoms with E-state index in [1.807, 2.05) is 6.07 Å². The molecule has 6 heteroatoms.